The van der Waals surface area contributed by atoms with Gasteiger partial charge in [0.2, 0.25) is 0 Å². The van der Waals surface area contributed by atoms with E-state index in [9.17, 15) is 0 Å². The maximum absolute atomic E-state index is 5.45. The van der Waals surface area contributed by atoms with Crippen LogP contribution in [0.25, 0.3) is 0 Å². The van der Waals surface area contributed by atoms with E-state index in [4.69, 9.17) is 15.2 Å². The molecule has 2 N–H and O–H groups in total. The smallest absolute Gasteiger partial charge is 0.0971 e. The van der Waals surface area contributed by atoms with E-state index >= 15 is 0 Å². The molecule has 2 atom stereocenters. The lowest BCUT2D eigenvalue weighted by atomic mass is 10.3. The zero-order chi connectivity index (χ0) is 9.68. The van der Waals surface area contributed by atoms with Gasteiger partial charge in [0.25, 0.3) is 0 Å². The van der Waals surface area contributed by atoms with Gasteiger partial charge in [0.1, 0.15) is 0 Å². The summed E-state index contributed by atoms with van der Waals surface area (Å²) in [6, 6.07) is 0. The van der Waals surface area contributed by atoms with Crippen LogP contribution < -0.4 is 5.73 Å². The number of hydrogen-bond donors (Lipinski definition) is 1. The third-order valence-electron chi connectivity index (χ3n) is 2.57. The molecule has 1 heterocycles. The minimum absolute atomic E-state index is 0.225. The van der Waals surface area contributed by atoms with E-state index in [0.29, 0.717) is 0 Å². The van der Waals surface area contributed by atoms with Gasteiger partial charge in [0, 0.05) is 27.3 Å². The lowest BCUT2D eigenvalue weighted by Crippen LogP contribution is -2.27. The van der Waals surface area contributed by atoms with Crippen LogP contribution in [0.2, 0.25) is 0 Å². The molecule has 0 aromatic rings. The van der Waals surface area contributed by atoms with Gasteiger partial charge >= 0.3 is 0 Å². The van der Waals surface area contributed by atoms with Gasteiger partial charge in [0.05, 0.1) is 12.2 Å². The SMILES string of the molecule is CO[C@H]1CN(CCCN)C[C@H]1OC. The number of likely N-dealkylation sites (tertiary alicyclic amines) is 1. The molecule has 1 saturated heterocycles. The molecular weight excluding hydrogens is 168 g/mol. The topological polar surface area (TPSA) is 47.7 Å². The summed E-state index contributed by atoms with van der Waals surface area (Å²) in [7, 11) is 3.48. The first-order valence-electron chi connectivity index (χ1n) is 4.79. The molecule has 1 aliphatic rings. The summed E-state index contributed by atoms with van der Waals surface area (Å²) in [5, 5.41) is 0. The van der Waals surface area contributed by atoms with Crippen molar-refractivity contribution in [1.82, 2.24) is 4.90 Å². The zero-order valence-electron chi connectivity index (χ0n) is 8.53. The van der Waals surface area contributed by atoms with Gasteiger partial charge in [-0.3, -0.25) is 4.90 Å². The predicted molar refractivity (Wildman–Crippen MR) is 51.7 cm³/mol. The highest BCUT2D eigenvalue weighted by molar-refractivity contribution is 4.85. The molecule has 0 aromatic heterocycles. The third-order valence-corrected chi connectivity index (χ3v) is 2.57. The monoisotopic (exact) mass is 188 g/mol. The first kappa shape index (κ1) is 10.9. The molecular formula is C9H20N2O2. The van der Waals surface area contributed by atoms with Crippen LogP contribution in [0.3, 0.4) is 0 Å². The molecule has 0 radical (unpaired) electrons. The number of nitrogens with zero attached hydrogens (tertiary/aromatic N) is 1. The van der Waals surface area contributed by atoms with Gasteiger partial charge in [-0.1, -0.05) is 0 Å². The Morgan fingerprint density at radius 2 is 1.77 bits per heavy atom. The van der Waals surface area contributed by atoms with Gasteiger partial charge in [-0.15, -0.1) is 0 Å². The molecule has 0 amide bonds. The third kappa shape index (κ3) is 2.91. The first-order valence-corrected chi connectivity index (χ1v) is 4.79. The molecule has 13 heavy (non-hydrogen) atoms. The van der Waals surface area contributed by atoms with E-state index < -0.39 is 0 Å². The molecule has 0 aliphatic carbocycles. The van der Waals surface area contributed by atoms with Gasteiger partial charge in [-0.2, -0.15) is 0 Å². The molecule has 1 fully saturated rings. The summed E-state index contributed by atoms with van der Waals surface area (Å²) < 4.78 is 10.7. The zero-order valence-corrected chi connectivity index (χ0v) is 8.53. The Balaban J connectivity index is 2.30. The quantitative estimate of drug-likeness (QED) is 0.642. The van der Waals surface area contributed by atoms with Crippen molar-refractivity contribution in [3.8, 4) is 0 Å². The van der Waals surface area contributed by atoms with Crippen LogP contribution in [-0.4, -0.2) is 57.5 Å². The van der Waals surface area contributed by atoms with Crippen LogP contribution >= 0.6 is 0 Å². The number of nitrogens with two attached hydrogens (primary N) is 1. The van der Waals surface area contributed by atoms with Crippen molar-refractivity contribution in [3.63, 3.8) is 0 Å². The molecule has 0 unspecified atom stereocenters. The molecule has 4 heteroatoms. The minimum atomic E-state index is 0.225. The Morgan fingerprint density at radius 1 is 1.23 bits per heavy atom. The van der Waals surface area contributed by atoms with Crippen LogP contribution in [-0.2, 0) is 9.47 Å². The van der Waals surface area contributed by atoms with E-state index in [-0.39, 0.29) is 12.2 Å². The van der Waals surface area contributed by atoms with E-state index in [2.05, 4.69) is 4.90 Å². The minimum Gasteiger partial charge on any atom is -0.377 e. The van der Waals surface area contributed by atoms with Crippen LogP contribution in [0, 0.1) is 0 Å². The van der Waals surface area contributed by atoms with E-state index in [1.807, 2.05) is 0 Å². The Labute approximate surface area is 80.0 Å². The second-order valence-electron chi connectivity index (χ2n) is 3.45. The summed E-state index contributed by atoms with van der Waals surface area (Å²) in [6.45, 7) is 3.74. The lowest BCUT2D eigenvalue weighted by molar-refractivity contribution is -0.00461. The molecule has 4 nitrogen and oxygen atoms in total. The summed E-state index contributed by atoms with van der Waals surface area (Å²) >= 11 is 0. The summed E-state index contributed by atoms with van der Waals surface area (Å²) in [4.78, 5) is 2.34. The molecule has 0 bridgehead atoms. The molecule has 78 valence electrons. The van der Waals surface area contributed by atoms with Gasteiger partial charge in [0.15, 0.2) is 0 Å². The Bertz CT molecular complexity index is 132. The lowest BCUT2D eigenvalue weighted by Gasteiger charge is -2.13. The van der Waals surface area contributed by atoms with E-state index in [1.54, 1.807) is 14.2 Å². The van der Waals surface area contributed by atoms with Crippen molar-refractivity contribution in [3.05, 3.63) is 0 Å². The maximum Gasteiger partial charge on any atom is 0.0971 e. The largest absolute Gasteiger partial charge is 0.377 e. The average Bonchev–Trinajstić information content (AvgIpc) is 2.57. The number of ether oxygens (including phenoxy) is 2. The molecule has 1 rings (SSSR count). The fourth-order valence-corrected chi connectivity index (χ4v) is 1.77. The van der Waals surface area contributed by atoms with Crippen molar-refractivity contribution in [2.45, 2.75) is 18.6 Å². The van der Waals surface area contributed by atoms with Crippen LogP contribution in [0.15, 0.2) is 0 Å². The van der Waals surface area contributed by atoms with Gasteiger partial charge in [-0.05, 0) is 19.5 Å². The second-order valence-corrected chi connectivity index (χ2v) is 3.45. The fourth-order valence-electron chi connectivity index (χ4n) is 1.77. The van der Waals surface area contributed by atoms with Crippen molar-refractivity contribution >= 4 is 0 Å². The number of rotatable bonds is 5. The maximum atomic E-state index is 5.45. The summed E-state index contributed by atoms with van der Waals surface area (Å²) in [5.41, 5.74) is 5.45. The Kier molecular flexibility index (Phi) is 4.66. The Hall–Kier alpha value is -0.160. The van der Waals surface area contributed by atoms with Crippen molar-refractivity contribution in [2.24, 2.45) is 5.73 Å². The standard InChI is InChI=1S/C9H20N2O2/c1-12-8-6-11(5-3-4-10)7-9(8)13-2/h8-9H,3-7,10H2,1-2H3/t8-,9+. The number of methoxy groups -OCH3 is 2. The molecule has 0 spiro atoms. The van der Waals surface area contributed by atoms with Gasteiger partial charge < -0.3 is 15.2 Å². The van der Waals surface area contributed by atoms with Gasteiger partial charge in [-0.25, -0.2) is 0 Å². The average molecular weight is 188 g/mol. The predicted octanol–water partition coefficient (Wildman–Crippen LogP) is -0.319. The molecule has 0 saturated carbocycles. The van der Waals surface area contributed by atoms with Crippen molar-refractivity contribution < 1.29 is 9.47 Å². The summed E-state index contributed by atoms with van der Waals surface area (Å²) in [6.07, 6.45) is 1.50. The van der Waals surface area contributed by atoms with Crippen LogP contribution in [0.4, 0.5) is 0 Å². The highest BCUT2D eigenvalue weighted by atomic mass is 16.5. The first-order chi connectivity index (χ1) is 6.31. The second kappa shape index (κ2) is 5.54. The van der Waals surface area contributed by atoms with E-state index in [0.717, 1.165) is 32.6 Å². The summed E-state index contributed by atoms with van der Waals surface area (Å²) in [5.74, 6) is 0. The Morgan fingerprint density at radius 3 is 2.15 bits per heavy atom. The normalized spacial score (nSPS) is 29.8. The highest BCUT2D eigenvalue weighted by Gasteiger charge is 2.32. The molecule has 0 aromatic carbocycles. The molecule has 1 aliphatic heterocycles. The fraction of sp³-hybridized carbons (Fsp3) is 1.00. The van der Waals surface area contributed by atoms with Crippen LogP contribution in [0.5, 0.6) is 0 Å². The van der Waals surface area contributed by atoms with Crippen molar-refractivity contribution in [2.75, 3.05) is 40.4 Å². The van der Waals surface area contributed by atoms with E-state index in [1.165, 1.54) is 0 Å². The van der Waals surface area contributed by atoms with Crippen LogP contribution in [0.1, 0.15) is 6.42 Å². The van der Waals surface area contributed by atoms with Crippen molar-refractivity contribution in [1.29, 1.82) is 0 Å². The number of hydrogen-bond acceptors (Lipinski definition) is 4. The highest BCUT2D eigenvalue weighted by Crippen LogP contribution is 2.15.